The van der Waals surface area contributed by atoms with E-state index in [0.717, 1.165) is 89.9 Å². The van der Waals surface area contributed by atoms with Crippen LogP contribution in [0.1, 0.15) is 426 Å². The molecule has 5 atom stereocenters. The van der Waals surface area contributed by atoms with E-state index in [9.17, 15) is 43.2 Å². The van der Waals surface area contributed by atoms with Gasteiger partial charge in [0.1, 0.15) is 19.3 Å². The molecule has 0 aromatic carbocycles. The number of hydrogen-bond acceptors (Lipinski definition) is 15. The first kappa shape index (κ1) is 96.1. The van der Waals surface area contributed by atoms with Crippen LogP contribution >= 0.6 is 15.6 Å². The van der Waals surface area contributed by atoms with Crippen molar-refractivity contribution in [3.8, 4) is 0 Å². The Morgan fingerprint density at radius 3 is 0.602 bits per heavy atom. The average Bonchev–Trinajstić information content (AvgIpc) is 1.02. The summed E-state index contributed by atoms with van der Waals surface area (Å²) in [7, 11) is -9.91. The highest BCUT2D eigenvalue weighted by Gasteiger charge is 2.30. The molecule has 19 heteroatoms. The lowest BCUT2D eigenvalue weighted by Gasteiger charge is -2.21. The lowest BCUT2D eigenvalue weighted by atomic mass is 10.0. The maximum Gasteiger partial charge on any atom is 0.472 e. The highest BCUT2D eigenvalue weighted by atomic mass is 31.2. The maximum atomic E-state index is 13.1. The fourth-order valence-electron chi connectivity index (χ4n) is 12.3. The van der Waals surface area contributed by atoms with Crippen LogP contribution in [0.5, 0.6) is 0 Å². The van der Waals surface area contributed by atoms with Gasteiger partial charge < -0.3 is 33.8 Å². The van der Waals surface area contributed by atoms with Crippen LogP contribution in [-0.4, -0.2) is 96.7 Å². The van der Waals surface area contributed by atoms with Crippen molar-refractivity contribution in [3.63, 3.8) is 0 Å². The molecule has 0 aromatic heterocycles. The highest BCUT2D eigenvalue weighted by Crippen LogP contribution is 2.45. The number of carbonyl (C=O) groups is 4. The lowest BCUT2D eigenvalue weighted by Crippen LogP contribution is -2.30. The SMILES string of the molecule is CCCCCCCCCCCCCCCCCCC(=O)OC[C@H](COP(=O)(O)OC[C@@H](O)COP(=O)(O)OC[C@@H](COC(=O)CCCCCCCCCCCCCC)OC(=O)CCCCCCCCCCCCCCCC)OC(=O)CCCCCCCCCCCCCCCCCC. The van der Waals surface area contributed by atoms with E-state index in [2.05, 4.69) is 27.7 Å². The van der Waals surface area contributed by atoms with Crippen LogP contribution in [-0.2, 0) is 65.4 Å². The summed E-state index contributed by atoms with van der Waals surface area (Å²) in [4.78, 5) is 73.0. The van der Waals surface area contributed by atoms with Gasteiger partial charge in [-0.25, -0.2) is 9.13 Å². The topological polar surface area (TPSA) is 237 Å². The molecule has 0 fully saturated rings. The molecule has 2 unspecified atom stereocenters. The zero-order chi connectivity index (χ0) is 71.8. The van der Waals surface area contributed by atoms with Gasteiger partial charge in [-0.15, -0.1) is 0 Å². The van der Waals surface area contributed by atoms with Gasteiger partial charge in [0.25, 0.3) is 0 Å². The van der Waals surface area contributed by atoms with E-state index in [1.165, 1.54) is 257 Å². The van der Waals surface area contributed by atoms with Crippen LogP contribution in [0.15, 0.2) is 0 Å². The normalized spacial score (nSPS) is 13.8. The molecule has 98 heavy (non-hydrogen) atoms. The van der Waals surface area contributed by atoms with Crippen LogP contribution < -0.4 is 0 Å². The van der Waals surface area contributed by atoms with E-state index in [1.807, 2.05) is 0 Å². The molecule has 0 aliphatic heterocycles. The Balaban J connectivity index is 5.26. The molecular formula is C79H154O17P2. The molecule has 0 aliphatic carbocycles. The van der Waals surface area contributed by atoms with Crippen LogP contribution in [0.3, 0.4) is 0 Å². The van der Waals surface area contributed by atoms with Crippen LogP contribution in [0.2, 0.25) is 0 Å². The minimum Gasteiger partial charge on any atom is -0.462 e. The number of ether oxygens (including phenoxy) is 4. The molecule has 0 heterocycles. The van der Waals surface area contributed by atoms with E-state index < -0.39 is 97.5 Å². The van der Waals surface area contributed by atoms with Crippen molar-refractivity contribution in [1.29, 1.82) is 0 Å². The van der Waals surface area contributed by atoms with E-state index in [4.69, 9.17) is 37.0 Å². The third kappa shape index (κ3) is 72.4. The minimum absolute atomic E-state index is 0.109. The molecule has 0 aliphatic rings. The third-order valence-electron chi connectivity index (χ3n) is 18.6. The molecule has 582 valence electrons. The van der Waals surface area contributed by atoms with E-state index >= 15 is 0 Å². The summed E-state index contributed by atoms with van der Waals surface area (Å²) in [5.41, 5.74) is 0. The number of aliphatic hydroxyl groups is 1. The summed E-state index contributed by atoms with van der Waals surface area (Å²) in [5.74, 6) is -2.10. The highest BCUT2D eigenvalue weighted by molar-refractivity contribution is 7.47. The Morgan fingerprint density at radius 2 is 0.408 bits per heavy atom. The van der Waals surface area contributed by atoms with Crippen LogP contribution in [0.4, 0.5) is 0 Å². The molecule has 0 aromatic rings. The Morgan fingerprint density at radius 1 is 0.245 bits per heavy atom. The molecule has 0 bridgehead atoms. The van der Waals surface area contributed by atoms with Crippen LogP contribution in [0.25, 0.3) is 0 Å². The molecule has 0 saturated heterocycles. The predicted molar refractivity (Wildman–Crippen MR) is 400 cm³/mol. The standard InChI is InChI=1S/C79H154O17P2/c1-5-9-13-17-21-25-29-33-36-38-41-44-48-52-56-60-64-77(82)90-70-75(96-79(84)66-62-58-54-50-46-42-39-37-34-30-26-22-18-14-10-6-2)72-94-98(87,88)92-68-73(80)67-91-97(85,86)93-71-74(69-89-76(81)63-59-55-51-47-43-32-28-24-20-16-12-8-4)95-78(83)65-61-57-53-49-45-40-35-31-27-23-19-15-11-7-3/h73-75,80H,5-72H2,1-4H3,(H,85,86)(H,87,88)/t73-,74+,75+/m0/s1. The molecule has 0 saturated carbocycles. The summed E-state index contributed by atoms with van der Waals surface area (Å²) in [5, 5.41) is 10.6. The summed E-state index contributed by atoms with van der Waals surface area (Å²) in [6.45, 7) is 5.03. The van der Waals surface area contributed by atoms with Gasteiger partial charge in [0.05, 0.1) is 26.4 Å². The van der Waals surface area contributed by atoms with Crippen molar-refractivity contribution in [3.05, 3.63) is 0 Å². The summed E-state index contributed by atoms with van der Waals surface area (Å²) in [6, 6.07) is 0. The van der Waals surface area contributed by atoms with Gasteiger partial charge in [-0.2, -0.15) is 0 Å². The number of rotatable bonds is 80. The first-order chi connectivity index (χ1) is 47.7. The van der Waals surface area contributed by atoms with Gasteiger partial charge in [0, 0.05) is 25.7 Å². The number of aliphatic hydroxyl groups excluding tert-OH is 1. The molecule has 17 nitrogen and oxygen atoms in total. The number of carbonyl (C=O) groups excluding carboxylic acids is 4. The second-order valence-electron chi connectivity index (χ2n) is 28.5. The Kier molecular flexibility index (Phi) is 71.9. The average molecular weight is 1440 g/mol. The van der Waals surface area contributed by atoms with E-state index in [1.54, 1.807) is 0 Å². The van der Waals surface area contributed by atoms with E-state index in [-0.39, 0.29) is 25.7 Å². The monoisotopic (exact) mass is 1440 g/mol. The number of unbranched alkanes of at least 4 members (excludes halogenated alkanes) is 54. The van der Waals surface area contributed by atoms with Crippen molar-refractivity contribution in [1.82, 2.24) is 0 Å². The Bertz CT molecular complexity index is 1860. The molecule has 0 amide bonds. The maximum absolute atomic E-state index is 13.1. The molecular weight excluding hydrogens is 1280 g/mol. The lowest BCUT2D eigenvalue weighted by molar-refractivity contribution is -0.161. The number of esters is 4. The second-order valence-corrected chi connectivity index (χ2v) is 31.4. The second kappa shape index (κ2) is 73.4. The zero-order valence-corrected chi connectivity index (χ0v) is 65.6. The summed E-state index contributed by atoms with van der Waals surface area (Å²) in [6.07, 6.45) is 65.0. The Hall–Kier alpha value is -1.94. The van der Waals surface area contributed by atoms with Crippen molar-refractivity contribution >= 4 is 39.5 Å². The van der Waals surface area contributed by atoms with Gasteiger partial charge in [-0.05, 0) is 25.7 Å². The largest absolute Gasteiger partial charge is 0.472 e. The quantitative estimate of drug-likeness (QED) is 0.0222. The fraction of sp³-hybridized carbons (Fsp3) is 0.949. The number of phosphoric acid groups is 2. The molecule has 0 rings (SSSR count). The fourth-order valence-corrected chi connectivity index (χ4v) is 13.9. The smallest absolute Gasteiger partial charge is 0.462 e. The Labute approximate surface area is 600 Å². The summed E-state index contributed by atoms with van der Waals surface area (Å²) >= 11 is 0. The van der Waals surface area contributed by atoms with Crippen molar-refractivity contribution in [2.24, 2.45) is 0 Å². The first-order valence-electron chi connectivity index (χ1n) is 41.3. The molecule has 3 N–H and O–H groups in total. The van der Waals surface area contributed by atoms with Gasteiger partial charge in [0.15, 0.2) is 12.2 Å². The van der Waals surface area contributed by atoms with Gasteiger partial charge in [-0.3, -0.25) is 37.3 Å². The van der Waals surface area contributed by atoms with Gasteiger partial charge >= 0.3 is 39.5 Å². The number of hydrogen-bond donors (Lipinski definition) is 3. The summed E-state index contributed by atoms with van der Waals surface area (Å²) < 4.78 is 68.7. The molecule has 0 spiro atoms. The van der Waals surface area contributed by atoms with Crippen molar-refractivity contribution < 1.29 is 80.2 Å². The van der Waals surface area contributed by atoms with Crippen molar-refractivity contribution in [2.45, 2.75) is 444 Å². The zero-order valence-electron chi connectivity index (χ0n) is 63.8. The third-order valence-corrected chi connectivity index (χ3v) is 20.5. The predicted octanol–water partition coefficient (Wildman–Crippen LogP) is 23.8. The minimum atomic E-state index is -4.96. The first-order valence-corrected chi connectivity index (χ1v) is 44.3. The van der Waals surface area contributed by atoms with E-state index in [0.29, 0.717) is 25.7 Å². The van der Waals surface area contributed by atoms with Gasteiger partial charge in [0.2, 0.25) is 0 Å². The van der Waals surface area contributed by atoms with Crippen molar-refractivity contribution in [2.75, 3.05) is 39.6 Å². The van der Waals surface area contributed by atoms with Gasteiger partial charge in [-0.1, -0.05) is 374 Å². The molecule has 0 radical (unpaired) electrons. The van der Waals surface area contributed by atoms with Crippen LogP contribution in [0, 0.1) is 0 Å². The number of phosphoric ester groups is 2.